The zero-order chi connectivity index (χ0) is 13.1. The van der Waals surface area contributed by atoms with E-state index >= 15 is 0 Å². The minimum atomic E-state index is 0.220. The van der Waals surface area contributed by atoms with Crippen LogP contribution in [0.1, 0.15) is 24.5 Å². The molecule has 1 fully saturated rings. The van der Waals surface area contributed by atoms with Crippen LogP contribution in [0.4, 0.5) is 5.69 Å². The SMILES string of the molecule is Cc1ccc(N2CC(C)CNCCC2=O)cc1C. The van der Waals surface area contributed by atoms with E-state index in [9.17, 15) is 4.79 Å². The monoisotopic (exact) mass is 246 g/mol. The number of benzene rings is 1. The fraction of sp³-hybridized carbons (Fsp3) is 0.533. The van der Waals surface area contributed by atoms with E-state index in [1.165, 1.54) is 11.1 Å². The van der Waals surface area contributed by atoms with E-state index in [0.29, 0.717) is 12.3 Å². The maximum Gasteiger partial charge on any atom is 0.228 e. The van der Waals surface area contributed by atoms with Crippen LogP contribution in [0.5, 0.6) is 0 Å². The Morgan fingerprint density at radius 3 is 2.78 bits per heavy atom. The molecule has 1 aromatic carbocycles. The Morgan fingerprint density at radius 2 is 2.06 bits per heavy atom. The number of nitrogens with zero attached hydrogens (tertiary/aromatic N) is 1. The van der Waals surface area contributed by atoms with Crippen molar-refractivity contribution in [3.63, 3.8) is 0 Å². The van der Waals surface area contributed by atoms with Crippen LogP contribution in [0.15, 0.2) is 18.2 Å². The molecule has 98 valence electrons. The number of aryl methyl sites for hydroxylation is 2. The Hall–Kier alpha value is -1.35. The standard InChI is InChI=1S/C15H22N2O/c1-11-9-16-7-6-15(18)17(10-11)14-5-4-12(2)13(3)8-14/h4-5,8,11,16H,6-7,9-10H2,1-3H3. The van der Waals surface area contributed by atoms with Crippen LogP contribution < -0.4 is 10.2 Å². The number of hydrogen-bond acceptors (Lipinski definition) is 2. The minimum absolute atomic E-state index is 0.220. The summed E-state index contributed by atoms with van der Waals surface area (Å²) in [5.41, 5.74) is 3.55. The van der Waals surface area contributed by atoms with Gasteiger partial charge in [-0.05, 0) is 49.6 Å². The van der Waals surface area contributed by atoms with Crippen molar-refractivity contribution in [1.82, 2.24) is 5.32 Å². The van der Waals surface area contributed by atoms with E-state index < -0.39 is 0 Å². The van der Waals surface area contributed by atoms with Gasteiger partial charge in [0.15, 0.2) is 0 Å². The molecule has 2 rings (SSSR count). The molecule has 0 aliphatic carbocycles. The third kappa shape index (κ3) is 2.91. The van der Waals surface area contributed by atoms with Gasteiger partial charge in [-0.3, -0.25) is 4.79 Å². The molecule has 1 aliphatic heterocycles. The maximum atomic E-state index is 12.2. The molecule has 1 N–H and O–H groups in total. The van der Waals surface area contributed by atoms with Crippen molar-refractivity contribution in [2.45, 2.75) is 27.2 Å². The molecule has 0 aromatic heterocycles. The summed E-state index contributed by atoms with van der Waals surface area (Å²) in [4.78, 5) is 14.1. The molecule has 1 aliphatic rings. The predicted molar refractivity (Wildman–Crippen MR) is 74.9 cm³/mol. The summed E-state index contributed by atoms with van der Waals surface area (Å²) in [6.45, 7) is 8.94. The van der Waals surface area contributed by atoms with Gasteiger partial charge < -0.3 is 10.2 Å². The maximum absolute atomic E-state index is 12.2. The van der Waals surface area contributed by atoms with Gasteiger partial charge in [0, 0.05) is 25.2 Å². The van der Waals surface area contributed by atoms with E-state index in [1.54, 1.807) is 0 Å². The van der Waals surface area contributed by atoms with E-state index in [4.69, 9.17) is 0 Å². The highest BCUT2D eigenvalue weighted by Crippen LogP contribution is 2.21. The molecule has 1 atom stereocenters. The van der Waals surface area contributed by atoms with Crippen molar-refractivity contribution in [2.24, 2.45) is 5.92 Å². The number of carbonyl (C=O) groups is 1. The van der Waals surface area contributed by atoms with Crippen molar-refractivity contribution in [1.29, 1.82) is 0 Å². The first kappa shape index (κ1) is 13.1. The molecule has 1 saturated heterocycles. The molecule has 18 heavy (non-hydrogen) atoms. The molecular weight excluding hydrogens is 224 g/mol. The average Bonchev–Trinajstić information content (AvgIpc) is 2.33. The molecule has 0 spiro atoms. The first-order chi connectivity index (χ1) is 8.58. The van der Waals surface area contributed by atoms with E-state index in [1.807, 2.05) is 4.90 Å². The number of anilines is 1. The highest BCUT2D eigenvalue weighted by atomic mass is 16.2. The van der Waals surface area contributed by atoms with Gasteiger partial charge in [0.25, 0.3) is 0 Å². The summed E-state index contributed by atoms with van der Waals surface area (Å²) >= 11 is 0. The highest BCUT2D eigenvalue weighted by molar-refractivity contribution is 5.93. The zero-order valence-electron chi connectivity index (χ0n) is 11.5. The van der Waals surface area contributed by atoms with Gasteiger partial charge in [0.05, 0.1) is 0 Å². The Kier molecular flexibility index (Phi) is 4.02. The molecule has 1 aromatic rings. The van der Waals surface area contributed by atoms with Crippen LogP contribution in [0, 0.1) is 19.8 Å². The first-order valence-corrected chi connectivity index (χ1v) is 6.66. The fourth-order valence-corrected chi connectivity index (χ4v) is 2.30. The number of rotatable bonds is 1. The minimum Gasteiger partial charge on any atom is -0.316 e. The van der Waals surface area contributed by atoms with Gasteiger partial charge in [-0.25, -0.2) is 0 Å². The first-order valence-electron chi connectivity index (χ1n) is 6.66. The molecule has 0 saturated carbocycles. The van der Waals surface area contributed by atoms with E-state index in [0.717, 1.165) is 25.3 Å². The quantitative estimate of drug-likeness (QED) is 0.824. The molecule has 1 unspecified atom stereocenters. The third-order valence-corrected chi connectivity index (χ3v) is 3.61. The Balaban J connectivity index is 2.26. The van der Waals surface area contributed by atoms with Crippen LogP contribution in [0.2, 0.25) is 0 Å². The van der Waals surface area contributed by atoms with Crippen molar-refractivity contribution < 1.29 is 4.79 Å². The summed E-state index contributed by atoms with van der Waals surface area (Å²) in [7, 11) is 0. The van der Waals surface area contributed by atoms with Crippen molar-refractivity contribution in [3.05, 3.63) is 29.3 Å². The zero-order valence-corrected chi connectivity index (χ0v) is 11.5. The van der Waals surface area contributed by atoms with Gasteiger partial charge in [-0.2, -0.15) is 0 Å². The second-order valence-corrected chi connectivity index (χ2v) is 5.33. The number of nitrogens with one attached hydrogen (secondary N) is 1. The van der Waals surface area contributed by atoms with Gasteiger partial charge in [-0.1, -0.05) is 13.0 Å². The van der Waals surface area contributed by atoms with Crippen LogP contribution in [0.25, 0.3) is 0 Å². The topological polar surface area (TPSA) is 32.3 Å². The largest absolute Gasteiger partial charge is 0.316 e. The Morgan fingerprint density at radius 1 is 1.28 bits per heavy atom. The lowest BCUT2D eigenvalue weighted by atomic mass is 10.1. The lowest BCUT2D eigenvalue weighted by molar-refractivity contribution is -0.118. The summed E-state index contributed by atoms with van der Waals surface area (Å²) < 4.78 is 0. The molecule has 1 amide bonds. The van der Waals surface area contributed by atoms with E-state index in [-0.39, 0.29) is 5.91 Å². The smallest absolute Gasteiger partial charge is 0.228 e. The fourth-order valence-electron chi connectivity index (χ4n) is 2.30. The lowest BCUT2D eigenvalue weighted by Gasteiger charge is -2.29. The Bertz CT molecular complexity index is 442. The second kappa shape index (κ2) is 5.53. The molecule has 3 nitrogen and oxygen atoms in total. The average molecular weight is 246 g/mol. The number of carbonyl (C=O) groups excluding carboxylic acids is 1. The molecule has 3 heteroatoms. The van der Waals surface area contributed by atoms with Crippen LogP contribution in [-0.2, 0) is 4.79 Å². The number of hydrogen-bond donors (Lipinski definition) is 1. The highest BCUT2D eigenvalue weighted by Gasteiger charge is 2.20. The summed E-state index contributed by atoms with van der Waals surface area (Å²) in [5, 5.41) is 3.31. The van der Waals surface area contributed by atoms with Crippen LogP contribution >= 0.6 is 0 Å². The van der Waals surface area contributed by atoms with Crippen molar-refractivity contribution >= 4 is 11.6 Å². The molecule has 0 bridgehead atoms. The third-order valence-electron chi connectivity index (χ3n) is 3.61. The van der Waals surface area contributed by atoms with Gasteiger partial charge >= 0.3 is 0 Å². The van der Waals surface area contributed by atoms with Gasteiger partial charge in [0.2, 0.25) is 5.91 Å². The molecule has 0 radical (unpaired) electrons. The molecule has 1 heterocycles. The van der Waals surface area contributed by atoms with Crippen molar-refractivity contribution in [2.75, 3.05) is 24.5 Å². The predicted octanol–water partition coefficient (Wildman–Crippen LogP) is 2.27. The molecular formula is C15H22N2O. The van der Waals surface area contributed by atoms with Gasteiger partial charge in [-0.15, -0.1) is 0 Å². The Labute approximate surface area is 109 Å². The summed E-state index contributed by atoms with van der Waals surface area (Å²) in [6, 6.07) is 6.27. The lowest BCUT2D eigenvalue weighted by Crippen LogP contribution is -2.42. The van der Waals surface area contributed by atoms with E-state index in [2.05, 4.69) is 44.3 Å². The number of amides is 1. The van der Waals surface area contributed by atoms with Crippen LogP contribution in [-0.4, -0.2) is 25.5 Å². The normalized spacial score (nSPS) is 21.6. The van der Waals surface area contributed by atoms with Crippen molar-refractivity contribution in [3.8, 4) is 0 Å². The summed E-state index contributed by atoms with van der Waals surface area (Å²) in [6.07, 6.45) is 0.583. The van der Waals surface area contributed by atoms with Gasteiger partial charge in [0.1, 0.15) is 0 Å². The summed E-state index contributed by atoms with van der Waals surface area (Å²) in [5.74, 6) is 0.702. The second-order valence-electron chi connectivity index (χ2n) is 5.33. The van der Waals surface area contributed by atoms with Crippen LogP contribution in [0.3, 0.4) is 0 Å².